The Morgan fingerprint density at radius 3 is 1.67 bits per heavy atom. The highest BCUT2D eigenvalue weighted by molar-refractivity contribution is 6.22. The minimum Gasteiger partial charge on any atom is -0.309 e. The molecule has 9 aromatic carbocycles. The zero-order chi connectivity index (χ0) is 35.3. The van der Waals surface area contributed by atoms with Gasteiger partial charge in [-0.15, -0.1) is 0 Å². The van der Waals surface area contributed by atoms with Gasteiger partial charge in [0, 0.05) is 32.8 Å². The van der Waals surface area contributed by atoms with Crippen LogP contribution in [0.15, 0.2) is 182 Å². The molecule has 0 aliphatic carbocycles. The molecule has 0 aliphatic rings. The van der Waals surface area contributed by atoms with Crippen molar-refractivity contribution in [2.45, 2.75) is 0 Å². The largest absolute Gasteiger partial charge is 0.309 e. The molecule has 0 radical (unpaired) electrons. The fourth-order valence-corrected chi connectivity index (χ4v) is 8.85. The van der Waals surface area contributed by atoms with E-state index >= 15 is 0 Å². The molecule has 0 unspecified atom stereocenters. The van der Waals surface area contributed by atoms with Crippen LogP contribution in [0.5, 0.6) is 0 Å². The first kappa shape index (κ1) is 29.3. The van der Waals surface area contributed by atoms with Gasteiger partial charge in [-0.1, -0.05) is 127 Å². The van der Waals surface area contributed by atoms with Crippen LogP contribution in [0.3, 0.4) is 0 Å². The Labute approximate surface area is 309 Å². The maximum Gasteiger partial charge on any atom is 0.165 e. The van der Waals surface area contributed by atoms with Crippen molar-refractivity contribution in [3.8, 4) is 22.8 Å². The van der Waals surface area contributed by atoms with Crippen LogP contribution in [0.2, 0.25) is 0 Å². The normalized spacial score (nSPS) is 12.1. The highest BCUT2D eigenvalue weighted by Gasteiger charge is 2.22. The van der Waals surface area contributed by atoms with Crippen molar-refractivity contribution in [2.24, 2.45) is 0 Å². The van der Waals surface area contributed by atoms with Crippen LogP contribution in [0, 0.1) is 0 Å². The quantitative estimate of drug-likeness (QED) is 0.173. The average molecular weight is 687 g/mol. The van der Waals surface area contributed by atoms with Crippen molar-refractivity contribution in [3.63, 3.8) is 0 Å². The zero-order valence-electron chi connectivity index (χ0n) is 29.1. The smallest absolute Gasteiger partial charge is 0.165 e. The number of benzene rings is 9. The van der Waals surface area contributed by atoms with Gasteiger partial charge in [0.1, 0.15) is 5.69 Å². The Hall–Kier alpha value is -7.30. The molecule has 0 saturated carbocycles. The molecule has 12 aromatic rings. The van der Waals surface area contributed by atoms with Crippen LogP contribution in [0.1, 0.15) is 0 Å². The Balaban J connectivity index is 1.18. The molecule has 54 heavy (non-hydrogen) atoms. The zero-order valence-corrected chi connectivity index (χ0v) is 29.1. The second-order valence-corrected chi connectivity index (χ2v) is 14.2. The van der Waals surface area contributed by atoms with Crippen molar-refractivity contribution >= 4 is 87.0 Å². The third-order valence-electron chi connectivity index (χ3n) is 11.3. The summed E-state index contributed by atoms with van der Waals surface area (Å²) >= 11 is 0. The van der Waals surface area contributed by atoms with Gasteiger partial charge in [-0.25, -0.2) is 9.97 Å². The number of nitrogens with zero attached hydrogens (tertiary/aromatic N) is 4. The summed E-state index contributed by atoms with van der Waals surface area (Å²) in [7, 11) is 0. The molecule has 0 spiro atoms. The van der Waals surface area contributed by atoms with Crippen molar-refractivity contribution in [3.05, 3.63) is 182 Å². The van der Waals surface area contributed by atoms with E-state index in [0.29, 0.717) is 0 Å². The molecule has 0 atom stereocenters. The molecule has 4 heteroatoms. The third-order valence-corrected chi connectivity index (χ3v) is 11.3. The molecule has 0 bridgehead atoms. The lowest BCUT2D eigenvalue weighted by atomic mass is 9.99. The maximum atomic E-state index is 5.45. The Morgan fingerprint density at radius 1 is 0.333 bits per heavy atom. The van der Waals surface area contributed by atoms with Crippen LogP contribution < -0.4 is 0 Å². The van der Waals surface area contributed by atoms with Gasteiger partial charge in [0.25, 0.3) is 0 Å². The lowest BCUT2D eigenvalue weighted by molar-refractivity contribution is 1.08. The lowest BCUT2D eigenvalue weighted by Gasteiger charge is -2.15. The number of hydrogen-bond donors (Lipinski definition) is 0. The van der Waals surface area contributed by atoms with Crippen molar-refractivity contribution in [1.29, 1.82) is 0 Å². The van der Waals surface area contributed by atoms with Gasteiger partial charge in [-0.2, -0.15) is 0 Å². The summed E-state index contributed by atoms with van der Waals surface area (Å²) in [6, 6.07) is 65.4. The third kappa shape index (κ3) is 4.13. The lowest BCUT2D eigenvalue weighted by Crippen LogP contribution is -2.04. The summed E-state index contributed by atoms with van der Waals surface area (Å²) in [4.78, 5) is 10.8. The number of fused-ring (bicyclic) bond motifs is 12. The number of para-hydroxylation sites is 4. The number of hydrogen-bond acceptors (Lipinski definition) is 2. The summed E-state index contributed by atoms with van der Waals surface area (Å²) in [6.07, 6.45) is 0. The van der Waals surface area contributed by atoms with Crippen molar-refractivity contribution < 1.29 is 0 Å². The first-order valence-corrected chi connectivity index (χ1v) is 18.4. The summed E-state index contributed by atoms with van der Waals surface area (Å²) in [5.74, 6) is 0.814. The average Bonchev–Trinajstić information content (AvgIpc) is 3.75. The monoisotopic (exact) mass is 686 g/mol. The van der Waals surface area contributed by atoms with E-state index in [2.05, 4.69) is 179 Å². The first-order valence-electron chi connectivity index (χ1n) is 18.4. The molecule has 4 nitrogen and oxygen atoms in total. The van der Waals surface area contributed by atoms with Crippen LogP contribution in [0.4, 0.5) is 0 Å². The van der Waals surface area contributed by atoms with Crippen molar-refractivity contribution in [2.75, 3.05) is 0 Å². The highest BCUT2D eigenvalue weighted by Crippen LogP contribution is 2.41. The van der Waals surface area contributed by atoms with Crippen LogP contribution in [0.25, 0.3) is 110 Å². The predicted octanol–water partition coefficient (Wildman–Crippen LogP) is 13.0. The molecule has 0 saturated heterocycles. The Morgan fingerprint density at radius 2 is 0.889 bits per heavy atom. The van der Waals surface area contributed by atoms with Gasteiger partial charge < -0.3 is 4.57 Å². The van der Waals surface area contributed by atoms with E-state index < -0.39 is 0 Å². The second-order valence-electron chi connectivity index (χ2n) is 14.2. The Kier molecular flexibility index (Phi) is 6.02. The van der Waals surface area contributed by atoms with Gasteiger partial charge in [-0.3, -0.25) is 4.57 Å². The van der Waals surface area contributed by atoms with Gasteiger partial charge >= 0.3 is 0 Å². The van der Waals surface area contributed by atoms with E-state index in [1.807, 2.05) is 12.1 Å². The highest BCUT2D eigenvalue weighted by atomic mass is 15.1. The molecule has 250 valence electrons. The molecule has 3 heterocycles. The minimum atomic E-state index is 0.814. The van der Waals surface area contributed by atoms with Crippen LogP contribution in [-0.4, -0.2) is 19.1 Å². The molecule has 0 N–H and O–H groups in total. The van der Waals surface area contributed by atoms with E-state index in [0.717, 1.165) is 44.8 Å². The molecule has 12 rings (SSSR count). The fourth-order valence-electron chi connectivity index (χ4n) is 8.85. The van der Waals surface area contributed by atoms with E-state index in [9.17, 15) is 0 Å². The maximum absolute atomic E-state index is 5.45. The number of aromatic nitrogens is 4. The van der Waals surface area contributed by atoms with Gasteiger partial charge in [-0.05, 0) is 86.9 Å². The van der Waals surface area contributed by atoms with Gasteiger partial charge in [0.15, 0.2) is 5.82 Å². The molecule has 0 amide bonds. The SMILES string of the molecule is c1ccc2c(c1)ccc1cc(-c3nc4ccccc4nc3-n3c4ccc(-n5c6ccccc6c6ccccc65)cc4c4c5ccccc5ccc43)ccc12. The molecule has 0 fully saturated rings. The molecular formula is C50H30N4. The summed E-state index contributed by atoms with van der Waals surface area (Å²) in [6.45, 7) is 0. The van der Waals surface area contributed by atoms with E-state index in [-0.39, 0.29) is 0 Å². The van der Waals surface area contributed by atoms with E-state index in [4.69, 9.17) is 9.97 Å². The summed E-state index contributed by atoms with van der Waals surface area (Å²) < 4.78 is 4.74. The minimum absolute atomic E-state index is 0.814. The predicted molar refractivity (Wildman–Crippen MR) is 226 cm³/mol. The summed E-state index contributed by atoms with van der Waals surface area (Å²) in [5, 5.41) is 12.2. The van der Waals surface area contributed by atoms with Gasteiger partial charge in [0.05, 0.1) is 33.1 Å². The molecule has 0 aliphatic heterocycles. The first-order chi connectivity index (χ1) is 26.8. The second kappa shape index (κ2) is 11.1. The van der Waals surface area contributed by atoms with Crippen molar-refractivity contribution in [1.82, 2.24) is 19.1 Å². The Bertz CT molecular complexity index is 3460. The fraction of sp³-hybridized carbons (Fsp3) is 0. The van der Waals surface area contributed by atoms with Gasteiger partial charge in [0.2, 0.25) is 0 Å². The molecular weight excluding hydrogens is 657 g/mol. The molecule has 3 aromatic heterocycles. The van der Waals surface area contributed by atoms with E-state index in [1.54, 1.807) is 0 Å². The van der Waals surface area contributed by atoms with E-state index in [1.165, 1.54) is 64.9 Å². The van der Waals surface area contributed by atoms with Crippen LogP contribution in [-0.2, 0) is 0 Å². The van der Waals surface area contributed by atoms with Crippen LogP contribution >= 0.6 is 0 Å². The standard InChI is InChI=1S/C50H30N4/c1-3-13-36-31(11-1)21-22-33-29-34(23-26-37(33)36)49-50(52-43-18-8-7-17-42(43)51-49)54-46-28-25-35(30-41(46)48-38-14-4-2-12-32(38)24-27-47(48)54)53-44-19-9-5-15-39(44)40-16-6-10-20-45(40)53/h1-30H. The number of rotatable bonds is 3. The topological polar surface area (TPSA) is 35.6 Å². The summed E-state index contributed by atoms with van der Waals surface area (Å²) in [5.41, 5.74) is 9.31.